The summed E-state index contributed by atoms with van der Waals surface area (Å²) in [7, 11) is 0. The molecule has 0 unspecified atom stereocenters. The van der Waals surface area contributed by atoms with Gasteiger partial charge < -0.3 is 9.84 Å². The minimum absolute atomic E-state index is 0.272. The number of carbonyl (C=O) groups is 1. The molecule has 0 saturated carbocycles. The Balaban J connectivity index is 2.23. The Morgan fingerprint density at radius 1 is 1.00 bits per heavy atom. The number of esters is 1. The summed E-state index contributed by atoms with van der Waals surface area (Å²) in [5.74, 6) is -0.620. The van der Waals surface area contributed by atoms with E-state index >= 15 is 0 Å². The van der Waals surface area contributed by atoms with E-state index in [1.165, 1.54) is 0 Å². The third-order valence-electron chi connectivity index (χ3n) is 3.56. The second-order valence-electron chi connectivity index (χ2n) is 5.26. The van der Waals surface area contributed by atoms with E-state index in [-0.39, 0.29) is 6.10 Å². The number of benzene rings is 2. The van der Waals surface area contributed by atoms with Crippen LogP contribution in [-0.4, -0.2) is 17.2 Å². The number of aliphatic hydroxyl groups is 1. The summed E-state index contributed by atoms with van der Waals surface area (Å²) in [6.07, 6.45) is -0.272. The smallest absolute Gasteiger partial charge is 0.347 e. The van der Waals surface area contributed by atoms with Crippen LogP contribution in [0, 0.1) is 0 Å². The quantitative estimate of drug-likeness (QED) is 0.852. The molecule has 2 aromatic carbocycles. The van der Waals surface area contributed by atoms with Crippen LogP contribution in [-0.2, 0) is 15.1 Å². The monoisotopic (exact) mass is 268 g/mol. The van der Waals surface area contributed by atoms with Crippen LogP contribution in [0.4, 0.5) is 0 Å². The highest BCUT2D eigenvalue weighted by molar-refractivity contribution is 5.96. The Kier molecular flexibility index (Phi) is 2.87. The lowest BCUT2D eigenvalue weighted by Crippen LogP contribution is -2.38. The zero-order valence-corrected chi connectivity index (χ0v) is 11.5. The van der Waals surface area contributed by atoms with Gasteiger partial charge in [0.15, 0.2) is 0 Å². The number of fused-ring (bicyclic) bond motifs is 3. The van der Waals surface area contributed by atoms with E-state index in [4.69, 9.17) is 4.74 Å². The van der Waals surface area contributed by atoms with Crippen LogP contribution >= 0.6 is 0 Å². The molecular weight excluding hydrogens is 252 g/mol. The topological polar surface area (TPSA) is 46.5 Å². The first-order chi connectivity index (χ1) is 9.55. The standard InChI is InChI=1S/C17H16O3/c1-11(2)20-16(18)17(19)14-9-5-3-7-12(14)13-8-4-6-10-15(13)17/h3-11,19H,1-2H3. The van der Waals surface area contributed by atoms with Gasteiger partial charge >= 0.3 is 5.97 Å². The lowest BCUT2D eigenvalue weighted by Gasteiger charge is -2.24. The molecule has 3 rings (SSSR count). The second kappa shape index (κ2) is 4.46. The summed E-state index contributed by atoms with van der Waals surface area (Å²) in [4.78, 5) is 12.4. The van der Waals surface area contributed by atoms with Crippen molar-refractivity contribution in [2.75, 3.05) is 0 Å². The van der Waals surface area contributed by atoms with Crippen LogP contribution in [0.5, 0.6) is 0 Å². The molecule has 0 radical (unpaired) electrons. The number of hydrogen-bond donors (Lipinski definition) is 1. The number of hydrogen-bond acceptors (Lipinski definition) is 3. The summed E-state index contributed by atoms with van der Waals surface area (Å²) >= 11 is 0. The SMILES string of the molecule is CC(C)OC(=O)C1(O)c2ccccc2-c2ccccc21. The first kappa shape index (κ1) is 12.9. The van der Waals surface area contributed by atoms with Gasteiger partial charge in [-0.2, -0.15) is 0 Å². The van der Waals surface area contributed by atoms with Crippen molar-refractivity contribution in [3.8, 4) is 11.1 Å². The van der Waals surface area contributed by atoms with E-state index in [1.54, 1.807) is 26.0 Å². The largest absolute Gasteiger partial charge is 0.460 e. The van der Waals surface area contributed by atoms with Crippen LogP contribution in [0.3, 0.4) is 0 Å². The van der Waals surface area contributed by atoms with Gasteiger partial charge in [-0.05, 0) is 25.0 Å². The molecule has 2 aromatic rings. The number of rotatable bonds is 2. The molecule has 0 saturated heterocycles. The molecule has 20 heavy (non-hydrogen) atoms. The van der Waals surface area contributed by atoms with Crippen LogP contribution in [0.15, 0.2) is 48.5 Å². The molecule has 0 aliphatic heterocycles. The molecule has 3 nitrogen and oxygen atoms in total. The molecule has 0 fully saturated rings. The molecule has 1 aliphatic carbocycles. The normalized spacial score (nSPS) is 14.8. The summed E-state index contributed by atoms with van der Waals surface area (Å²) in [5.41, 5.74) is 1.23. The fraction of sp³-hybridized carbons (Fsp3) is 0.235. The Bertz CT molecular complexity index is 628. The molecule has 1 N–H and O–H groups in total. The van der Waals surface area contributed by atoms with E-state index in [0.29, 0.717) is 11.1 Å². The highest BCUT2D eigenvalue weighted by Gasteiger charge is 2.49. The van der Waals surface area contributed by atoms with Crippen molar-refractivity contribution in [2.45, 2.75) is 25.6 Å². The van der Waals surface area contributed by atoms with Gasteiger partial charge in [-0.3, -0.25) is 0 Å². The lowest BCUT2D eigenvalue weighted by molar-refractivity contribution is -0.165. The van der Waals surface area contributed by atoms with Crippen LogP contribution in [0.25, 0.3) is 11.1 Å². The highest BCUT2D eigenvalue weighted by atomic mass is 16.6. The first-order valence-corrected chi connectivity index (χ1v) is 6.68. The zero-order chi connectivity index (χ0) is 14.3. The Morgan fingerprint density at radius 3 is 1.90 bits per heavy atom. The van der Waals surface area contributed by atoms with E-state index in [1.807, 2.05) is 36.4 Å². The van der Waals surface area contributed by atoms with Gasteiger partial charge in [-0.15, -0.1) is 0 Å². The van der Waals surface area contributed by atoms with Crippen molar-refractivity contribution in [2.24, 2.45) is 0 Å². The average Bonchev–Trinajstić information content (AvgIpc) is 2.71. The highest BCUT2D eigenvalue weighted by Crippen LogP contribution is 2.47. The maximum absolute atomic E-state index is 12.4. The van der Waals surface area contributed by atoms with Gasteiger partial charge in [0, 0.05) is 11.1 Å². The molecule has 0 spiro atoms. The van der Waals surface area contributed by atoms with Crippen molar-refractivity contribution in [3.63, 3.8) is 0 Å². The van der Waals surface area contributed by atoms with Crippen molar-refractivity contribution >= 4 is 5.97 Å². The summed E-state index contributed by atoms with van der Waals surface area (Å²) in [6.45, 7) is 3.54. The second-order valence-corrected chi connectivity index (χ2v) is 5.26. The predicted molar refractivity (Wildman–Crippen MR) is 76.1 cm³/mol. The fourth-order valence-electron chi connectivity index (χ4n) is 2.73. The summed E-state index contributed by atoms with van der Waals surface area (Å²) in [5, 5.41) is 11.0. The van der Waals surface area contributed by atoms with Gasteiger partial charge in [0.1, 0.15) is 0 Å². The molecule has 0 heterocycles. The van der Waals surface area contributed by atoms with Crippen LogP contribution in [0.1, 0.15) is 25.0 Å². The van der Waals surface area contributed by atoms with Gasteiger partial charge in [0.05, 0.1) is 6.10 Å². The molecule has 0 atom stereocenters. The lowest BCUT2D eigenvalue weighted by atomic mass is 9.91. The Hall–Kier alpha value is -2.13. The van der Waals surface area contributed by atoms with Crippen molar-refractivity contribution in [3.05, 3.63) is 59.7 Å². The van der Waals surface area contributed by atoms with Crippen LogP contribution in [0.2, 0.25) is 0 Å². The number of carbonyl (C=O) groups excluding carboxylic acids is 1. The molecule has 0 bridgehead atoms. The van der Waals surface area contributed by atoms with Gasteiger partial charge in [0.2, 0.25) is 5.60 Å². The molecule has 1 aliphatic rings. The Labute approximate surface area is 117 Å². The molecular formula is C17H16O3. The zero-order valence-electron chi connectivity index (χ0n) is 11.5. The van der Waals surface area contributed by atoms with Crippen molar-refractivity contribution in [1.29, 1.82) is 0 Å². The van der Waals surface area contributed by atoms with Gasteiger partial charge in [-0.1, -0.05) is 48.5 Å². The van der Waals surface area contributed by atoms with E-state index in [9.17, 15) is 9.90 Å². The maximum Gasteiger partial charge on any atom is 0.347 e. The third-order valence-corrected chi connectivity index (χ3v) is 3.56. The Morgan fingerprint density at radius 2 is 1.45 bits per heavy atom. The van der Waals surface area contributed by atoms with Crippen molar-refractivity contribution < 1.29 is 14.6 Å². The third kappa shape index (κ3) is 1.67. The van der Waals surface area contributed by atoms with Crippen LogP contribution < -0.4 is 0 Å². The van der Waals surface area contributed by atoms with Crippen molar-refractivity contribution in [1.82, 2.24) is 0 Å². The number of ether oxygens (including phenoxy) is 1. The average molecular weight is 268 g/mol. The summed E-state index contributed by atoms with van der Waals surface area (Å²) in [6, 6.07) is 14.8. The maximum atomic E-state index is 12.4. The minimum Gasteiger partial charge on any atom is -0.460 e. The molecule has 0 aromatic heterocycles. The predicted octanol–water partition coefficient (Wildman–Crippen LogP) is 2.85. The first-order valence-electron chi connectivity index (χ1n) is 6.68. The molecule has 3 heteroatoms. The molecule has 102 valence electrons. The van der Waals surface area contributed by atoms with Gasteiger partial charge in [0.25, 0.3) is 0 Å². The molecule has 0 amide bonds. The minimum atomic E-state index is -1.71. The van der Waals surface area contributed by atoms with E-state index < -0.39 is 11.6 Å². The fourth-order valence-corrected chi connectivity index (χ4v) is 2.73. The van der Waals surface area contributed by atoms with E-state index in [0.717, 1.165) is 11.1 Å². The summed E-state index contributed by atoms with van der Waals surface area (Å²) < 4.78 is 5.26. The van der Waals surface area contributed by atoms with E-state index in [2.05, 4.69) is 0 Å². The van der Waals surface area contributed by atoms with Gasteiger partial charge in [-0.25, -0.2) is 4.79 Å².